The first-order valence-corrected chi connectivity index (χ1v) is 7.41. The van der Waals surface area contributed by atoms with Crippen molar-refractivity contribution in [2.75, 3.05) is 0 Å². The van der Waals surface area contributed by atoms with Crippen LogP contribution in [-0.4, -0.2) is 15.0 Å². The van der Waals surface area contributed by atoms with Gasteiger partial charge in [-0.25, -0.2) is 0 Å². The van der Waals surface area contributed by atoms with Crippen LogP contribution in [0.2, 0.25) is 0 Å². The van der Waals surface area contributed by atoms with Crippen LogP contribution < -0.4 is 0 Å². The van der Waals surface area contributed by atoms with Crippen LogP contribution in [0, 0.1) is 5.92 Å². The van der Waals surface area contributed by atoms with Crippen LogP contribution in [0.3, 0.4) is 0 Å². The molecule has 1 aliphatic carbocycles. The van der Waals surface area contributed by atoms with E-state index in [9.17, 15) is 0 Å². The van der Waals surface area contributed by atoms with Gasteiger partial charge in [0.05, 0.1) is 0 Å². The molecule has 0 saturated heterocycles. The molecule has 4 heteroatoms. The Kier molecular flexibility index (Phi) is 5.34. The third-order valence-corrected chi connectivity index (χ3v) is 4.79. The molecule has 0 bridgehead atoms. The highest BCUT2D eigenvalue weighted by Crippen LogP contribution is 2.52. The van der Waals surface area contributed by atoms with Crippen molar-refractivity contribution in [3.63, 3.8) is 0 Å². The van der Waals surface area contributed by atoms with Crippen molar-refractivity contribution in [2.45, 2.75) is 37.4 Å². The monoisotopic (exact) mass is 220 g/mol. The van der Waals surface area contributed by atoms with Crippen molar-refractivity contribution in [2.24, 2.45) is 5.92 Å². The van der Waals surface area contributed by atoms with E-state index >= 15 is 0 Å². The predicted octanol–water partition coefficient (Wildman–Crippen LogP) is 3.07. The van der Waals surface area contributed by atoms with E-state index in [1.807, 2.05) is 6.08 Å². The standard InChI is InChI=1S/C9H17O2PS/c1-2-3-4-5-8-6-9(7-8)13-12(10)11/h2,8-11H,1,3-7H2. The Morgan fingerprint density at radius 3 is 2.69 bits per heavy atom. The molecule has 13 heavy (non-hydrogen) atoms. The van der Waals surface area contributed by atoms with E-state index in [1.165, 1.54) is 37.1 Å². The van der Waals surface area contributed by atoms with Gasteiger partial charge in [0.25, 0.3) is 0 Å². The average molecular weight is 220 g/mol. The van der Waals surface area contributed by atoms with Crippen molar-refractivity contribution in [1.29, 1.82) is 0 Å². The number of allylic oxidation sites excluding steroid dienone is 1. The maximum Gasteiger partial charge on any atom is 0.232 e. The Balaban J connectivity index is 1.95. The summed E-state index contributed by atoms with van der Waals surface area (Å²) in [5.74, 6) is 0.826. The summed E-state index contributed by atoms with van der Waals surface area (Å²) < 4.78 is 0. The fourth-order valence-electron chi connectivity index (χ4n) is 1.68. The van der Waals surface area contributed by atoms with Crippen molar-refractivity contribution in [1.82, 2.24) is 0 Å². The molecule has 1 fully saturated rings. The second kappa shape index (κ2) is 6.02. The third-order valence-electron chi connectivity index (χ3n) is 2.46. The van der Waals surface area contributed by atoms with E-state index in [4.69, 9.17) is 9.79 Å². The topological polar surface area (TPSA) is 40.5 Å². The lowest BCUT2D eigenvalue weighted by Crippen LogP contribution is -2.25. The largest absolute Gasteiger partial charge is 0.342 e. The number of hydrogen-bond acceptors (Lipinski definition) is 3. The van der Waals surface area contributed by atoms with Crippen molar-refractivity contribution in [3.8, 4) is 0 Å². The zero-order chi connectivity index (χ0) is 9.68. The van der Waals surface area contributed by atoms with Gasteiger partial charge < -0.3 is 9.79 Å². The molecule has 2 N–H and O–H groups in total. The fraction of sp³-hybridized carbons (Fsp3) is 0.778. The summed E-state index contributed by atoms with van der Waals surface area (Å²) in [7, 11) is -1.73. The SMILES string of the molecule is C=CCCCC1CC(SP(O)O)C1. The summed E-state index contributed by atoms with van der Waals surface area (Å²) in [6, 6.07) is 0. The normalized spacial score (nSPS) is 27.3. The van der Waals surface area contributed by atoms with Gasteiger partial charge in [0.15, 0.2) is 0 Å². The zero-order valence-electron chi connectivity index (χ0n) is 7.72. The summed E-state index contributed by atoms with van der Waals surface area (Å²) in [6.45, 7) is 3.69. The van der Waals surface area contributed by atoms with Crippen LogP contribution in [0.4, 0.5) is 0 Å². The molecule has 0 aromatic heterocycles. The van der Waals surface area contributed by atoms with Gasteiger partial charge in [-0.15, -0.1) is 6.58 Å². The summed E-state index contributed by atoms with van der Waals surface area (Å²) in [5.41, 5.74) is 0. The summed E-state index contributed by atoms with van der Waals surface area (Å²) in [6.07, 6.45) is 7.92. The Hall–Kier alpha value is 0.440. The highest BCUT2D eigenvalue weighted by Gasteiger charge is 2.30. The molecule has 0 heterocycles. The van der Waals surface area contributed by atoms with Crippen molar-refractivity contribution >= 4 is 19.0 Å². The Morgan fingerprint density at radius 1 is 1.46 bits per heavy atom. The van der Waals surface area contributed by atoms with Crippen LogP contribution in [-0.2, 0) is 0 Å². The van der Waals surface area contributed by atoms with Crippen LogP contribution in [0.5, 0.6) is 0 Å². The Morgan fingerprint density at radius 2 is 2.15 bits per heavy atom. The van der Waals surface area contributed by atoms with E-state index < -0.39 is 7.58 Å². The number of unbranched alkanes of at least 4 members (excludes halogenated alkanes) is 1. The molecule has 0 radical (unpaired) electrons. The van der Waals surface area contributed by atoms with Crippen LogP contribution in [0.25, 0.3) is 0 Å². The number of hydrogen-bond donors (Lipinski definition) is 2. The van der Waals surface area contributed by atoms with Crippen LogP contribution in [0.15, 0.2) is 12.7 Å². The molecule has 76 valence electrons. The van der Waals surface area contributed by atoms with E-state index in [-0.39, 0.29) is 0 Å². The molecule has 2 nitrogen and oxygen atoms in total. The van der Waals surface area contributed by atoms with Gasteiger partial charge in [-0.05, 0) is 31.6 Å². The van der Waals surface area contributed by atoms with E-state index in [0.29, 0.717) is 5.25 Å². The lowest BCUT2D eigenvalue weighted by atomic mass is 9.81. The Bertz CT molecular complexity index is 158. The second-order valence-corrected chi connectivity index (χ2v) is 6.53. The molecule has 1 saturated carbocycles. The first-order chi connectivity index (χ1) is 6.22. The lowest BCUT2D eigenvalue weighted by Gasteiger charge is -2.34. The van der Waals surface area contributed by atoms with E-state index in [1.54, 1.807) is 0 Å². The molecule has 0 spiro atoms. The van der Waals surface area contributed by atoms with Crippen molar-refractivity contribution < 1.29 is 9.79 Å². The predicted molar refractivity (Wildman–Crippen MR) is 59.5 cm³/mol. The third kappa shape index (κ3) is 4.46. The quantitative estimate of drug-likeness (QED) is 0.410. The van der Waals surface area contributed by atoms with Gasteiger partial charge in [0, 0.05) is 5.25 Å². The fourth-order valence-corrected chi connectivity index (χ4v) is 3.98. The van der Waals surface area contributed by atoms with Gasteiger partial charge in [-0.2, -0.15) is 0 Å². The van der Waals surface area contributed by atoms with E-state index in [2.05, 4.69) is 6.58 Å². The maximum atomic E-state index is 8.76. The zero-order valence-corrected chi connectivity index (χ0v) is 9.44. The molecule has 1 aliphatic rings. The molecule has 0 aromatic rings. The molecular formula is C9H17O2PS. The van der Waals surface area contributed by atoms with Crippen LogP contribution in [0.1, 0.15) is 32.1 Å². The average Bonchev–Trinajstić information content (AvgIpc) is 1.99. The van der Waals surface area contributed by atoms with Gasteiger partial charge in [0.1, 0.15) is 0 Å². The van der Waals surface area contributed by atoms with Gasteiger partial charge in [-0.1, -0.05) is 23.9 Å². The molecule has 0 aliphatic heterocycles. The minimum atomic E-state index is -1.73. The first-order valence-electron chi connectivity index (χ1n) is 4.68. The summed E-state index contributed by atoms with van der Waals surface area (Å²) in [4.78, 5) is 17.5. The summed E-state index contributed by atoms with van der Waals surface area (Å²) in [5, 5.41) is 0.509. The minimum absolute atomic E-state index is 0.509. The summed E-state index contributed by atoms with van der Waals surface area (Å²) >= 11 is 1.34. The maximum absolute atomic E-state index is 8.76. The van der Waals surface area contributed by atoms with E-state index in [0.717, 1.165) is 12.3 Å². The molecule has 0 amide bonds. The highest BCUT2D eigenvalue weighted by atomic mass is 32.7. The second-order valence-electron chi connectivity index (χ2n) is 3.54. The van der Waals surface area contributed by atoms with Crippen LogP contribution >= 0.6 is 19.0 Å². The Labute approximate surface area is 85.1 Å². The molecule has 1 rings (SSSR count). The highest BCUT2D eigenvalue weighted by molar-refractivity contribution is 8.52. The molecular weight excluding hydrogens is 203 g/mol. The van der Waals surface area contributed by atoms with Gasteiger partial charge >= 0.3 is 0 Å². The van der Waals surface area contributed by atoms with Gasteiger partial charge in [0.2, 0.25) is 7.58 Å². The minimum Gasteiger partial charge on any atom is -0.342 e. The molecule has 0 aromatic carbocycles. The molecule has 0 atom stereocenters. The number of rotatable bonds is 6. The first kappa shape index (κ1) is 11.5. The van der Waals surface area contributed by atoms with Gasteiger partial charge in [-0.3, -0.25) is 0 Å². The van der Waals surface area contributed by atoms with Crippen molar-refractivity contribution in [3.05, 3.63) is 12.7 Å². The molecule has 0 unspecified atom stereocenters. The lowest BCUT2D eigenvalue weighted by molar-refractivity contribution is 0.303. The smallest absolute Gasteiger partial charge is 0.232 e.